The summed E-state index contributed by atoms with van der Waals surface area (Å²) in [6.45, 7) is 1.22. The van der Waals surface area contributed by atoms with Crippen molar-refractivity contribution in [2.45, 2.75) is 31.2 Å². The van der Waals surface area contributed by atoms with Crippen molar-refractivity contribution in [3.63, 3.8) is 0 Å². The van der Waals surface area contributed by atoms with Gasteiger partial charge >= 0.3 is 0 Å². The molecular formula is C17H19N. The summed E-state index contributed by atoms with van der Waals surface area (Å²) >= 11 is 0. The Bertz CT molecular complexity index is 565. The normalized spacial score (nSPS) is 26.4. The lowest BCUT2D eigenvalue weighted by molar-refractivity contribution is 0.624. The van der Waals surface area contributed by atoms with E-state index in [9.17, 15) is 0 Å². The van der Waals surface area contributed by atoms with Crippen LogP contribution in [-0.4, -0.2) is 12.6 Å². The van der Waals surface area contributed by atoms with Gasteiger partial charge in [-0.15, -0.1) is 0 Å². The molecule has 0 aromatic heterocycles. The predicted molar refractivity (Wildman–Crippen MR) is 75.8 cm³/mol. The molecule has 2 aliphatic carbocycles. The predicted octanol–water partition coefficient (Wildman–Crippen LogP) is 3.70. The molecule has 1 N–H and O–H groups in total. The molecule has 2 unspecified atom stereocenters. The van der Waals surface area contributed by atoms with E-state index in [2.05, 4.69) is 47.8 Å². The van der Waals surface area contributed by atoms with Gasteiger partial charge in [0.1, 0.15) is 0 Å². The van der Waals surface area contributed by atoms with Crippen molar-refractivity contribution in [2.75, 3.05) is 6.54 Å². The van der Waals surface area contributed by atoms with Gasteiger partial charge in [0, 0.05) is 6.04 Å². The largest absolute Gasteiger partial charge is 0.314 e. The fourth-order valence-corrected chi connectivity index (χ4v) is 3.03. The highest BCUT2D eigenvalue weighted by atomic mass is 15.0. The van der Waals surface area contributed by atoms with Crippen LogP contribution >= 0.6 is 0 Å². The Balaban J connectivity index is 1.56. The van der Waals surface area contributed by atoms with Crippen LogP contribution in [-0.2, 0) is 0 Å². The van der Waals surface area contributed by atoms with Crippen molar-refractivity contribution in [2.24, 2.45) is 5.92 Å². The third kappa shape index (κ3) is 1.93. The summed E-state index contributed by atoms with van der Waals surface area (Å²) in [4.78, 5) is 0. The van der Waals surface area contributed by atoms with Crippen LogP contribution in [0.25, 0.3) is 10.8 Å². The zero-order valence-electron chi connectivity index (χ0n) is 10.6. The Hall–Kier alpha value is -1.34. The fraction of sp³-hybridized carbons (Fsp3) is 0.412. The minimum Gasteiger partial charge on any atom is -0.314 e. The van der Waals surface area contributed by atoms with E-state index in [0.717, 1.165) is 17.9 Å². The number of benzene rings is 2. The molecule has 2 saturated carbocycles. The van der Waals surface area contributed by atoms with Crippen LogP contribution in [0, 0.1) is 5.92 Å². The minimum absolute atomic E-state index is 0.794. The average molecular weight is 237 g/mol. The van der Waals surface area contributed by atoms with Gasteiger partial charge in [0.15, 0.2) is 0 Å². The molecular weight excluding hydrogens is 218 g/mol. The Kier molecular flexibility index (Phi) is 2.41. The van der Waals surface area contributed by atoms with Gasteiger partial charge in [-0.05, 0) is 54.0 Å². The highest BCUT2D eigenvalue weighted by Crippen LogP contribution is 2.49. The molecule has 4 rings (SSSR count). The van der Waals surface area contributed by atoms with Gasteiger partial charge in [0.25, 0.3) is 0 Å². The summed E-state index contributed by atoms with van der Waals surface area (Å²) in [6, 6.07) is 16.4. The fourth-order valence-electron chi connectivity index (χ4n) is 3.03. The van der Waals surface area contributed by atoms with E-state index < -0.39 is 0 Å². The summed E-state index contributed by atoms with van der Waals surface area (Å²) in [6.07, 6.45) is 4.16. The molecule has 2 aromatic rings. The molecule has 0 aliphatic heterocycles. The summed E-state index contributed by atoms with van der Waals surface area (Å²) in [5.41, 5.74) is 1.57. The molecule has 0 heterocycles. The highest BCUT2D eigenvalue weighted by Gasteiger charge is 2.39. The average Bonchev–Trinajstić information content (AvgIpc) is 3.30. The molecule has 2 fully saturated rings. The van der Waals surface area contributed by atoms with Gasteiger partial charge in [0.2, 0.25) is 0 Å². The second-order valence-corrected chi connectivity index (χ2v) is 5.85. The molecule has 0 amide bonds. The lowest BCUT2D eigenvalue weighted by Crippen LogP contribution is -2.19. The molecule has 0 radical (unpaired) electrons. The summed E-state index contributed by atoms with van der Waals surface area (Å²) in [5, 5.41) is 6.51. The first-order chi connectivity index (χ1) is 8.92. The van der Waals surface area contributed by atoms with Crippen LogP contribution in [0.4, 0.5) is 0 Å². The maximum absolute atomic E-state index is 3.67. The Morgan fingerprint density at radius 2 is 1.83 bits per heavy atom. The minimum atomic E-state index is 0.794. The zero-order valence-corrected chi connectivity index (χ0v) is 10.6. The molecule has 2 aliphatic rings. The van der Waals surface area contributed by atoms with Crippen molar-refractivity contribution >= 4 is 10.8 Å². The molecule has 2 aromatic carbocycles. The first kappa shape index (κ1) is 10.6. The van der Waals surface area contributed by atoms with Crippen LogP contribution in [0.3, 0.4) is 0 Å². The maximum Gasteiger partial charge on any atom is 0.00683 e. The van der Waals surface area contributed by atoms with Crippen LogP contribution in [0.15, 0.2) is 42.5 Å². The summed E-state index contributed by atoms with van der Waals surface area (Å²) in [5.74, 6) is 1.67. The van der Waals surface area contributed by atoms with E-state index in [1.165, 1.54) is 36.6 Å². The summed E-state index contributed by atoms with van der Waals surface area (Å²) in [7, 11) is 0. The first-order valence-corrected chi connectivity index (χ1v) is 7.13. The second-order valence-electron chi connectivity index (χ2n) is 5.85. The number of rotatable bonds is 4. The SMILES string of the molecule is c1ccc2c(C3CC3CNC3CC3)cccc2c1. The van der Waals surface area contributed by atoms with E-state index in [0.29, 0.717) is 0 Å². The molecule has 1 nitrogen and oxygen atoms in total. The van der Waals surface area contributed by atoms with E-state index in [4.69, 9.17) is 0 Å². The van der Waals surface area contributed by atoms with Crippen LogP contribution in [0.2, 0.25) is 0 Å². The van der Waals surface area contributed by atoms with Crippen LogP contribution in [0.1, 0.15) is 30.7 Å². The monoisotopic (exact) mass is 237 g/mol. The second kappa shape index (κ2) is 4.10. The van der Waals surface area contributed by atoms with Gasteiger partial charge in [-0.3, -0.25) is 0 Å². The number of hydrogen-bond donors (Lipinski definition) is 1. The van der Waals surface area contributed by atoms with Gasteiger partial charge in [-0.25, -0.2) is 0 Å². The lowest BCUT2D eigenvalue weighted by Gasteiger charge is -2.06. The van der Waals surface area contributed by atoms with Gasteiger partial charge in [-0.2, -0.15) is 0 Å². The topological polar surface area (TPSA) is 12.0 Å². The standard InChI is InChI=1S/C17H19N/c1-2-6-15-12(4-1)5-3-7-16(15)17-10-13(17)11-18-14-8-9-14/h1-7,13-14,17-18H,8-11H2. The van der Waals surface area contributed by atoms with Gasteiger partial charge in [-0.1, -0.05) is 42.5 Å². The van der Waals surface area contributed by atoms with Crippen molar-refractivity contribution in [1.82, 2.24) is 5.32 Å². The maximum atomic E-state index is 3.67. The molecule has 0 bridgehead atoms. The van der Waals surface area contributed by atoms with Crippen molar-refractivity contribution < 1.29 is 0 Å². The highest BCUT2D eigenvalue weighted by molar-refractivity contribution is 5.86. The van der Waals surface area contributed by atoms with E-state index in [-0.39, 0.29) is 0 Å². The van der Waals surface area contributed by atoms with E-state index in [1.54, 1.807) is 5.56 Å². The Morgan fingerprint density at radius 3 is 2.72 bits per heavy atom. The van der Waals surface area contributed by atoms with Crippen LogP contribution in [0.5, 0.6) is 0 Å². The van der Waals surface area contributed by atoms with E-state index in [1.807, 2.05) is 0 Å². The van der Waals surface area contributed by atoms with Crippen molar-refractivity contribution in [3.05, 3.63) is 48.0 Å². The molecule has 92 valence electrons. The van der Waals surface area contributed by atoms with Gasteiger partial charge < -0.3 is 5.32 Å². The number of hydrogen-bond acceptors (Lipinski definition) is 1. The smallest absolute Gasteiger partial charge is 0.00683 e. The quantitative estimate of drug-likeness (QED) is 0.855. The molecule has 2 atom stereocenters. The zero-order chi connectivity index (χ0) is 11.9. The van der Waals surface area contributed by atoms with Crippen molar-refractivity contribution in [3.8, 4) is 0 Å². The number of fused-ring (bicyclic) bond motifs is 1. The van der Waals surface area contributed by atoms with Crippen LogP contribution < -0.4 is 5.32 Å². The molecule has 0 spiro atoms. The first-order valence-electron chi connectivity index (χ1n) is 7.13. The lowest BCUT2D eigenvalue weighted by atomic mass is 10.0. The number of nitrogens with one attached hydrogen (secondary N) is 1. The molecule has 18 heavy (non-hydrogen) atoms. The Labute approximate surface area is 108 Å². The summed E-state index contributed by atoms with van der Waals surface area (Å²) < 4.78 is 0. The van der Waals surface area contributed by atoms with E-state index >= 15 is 0 Å². The molecule has 1 heteroatoms. The third-order valence-corrected chi connectivity index (χ3v) is 4.39. The van der Waals surface area contributed by atoms with Crippen molar-refractivity contribution in [1.29, 1.82) is 0 Å². The third-order valence-electron chi connectivity index (χ3n) is 4.39. The molecule has 0 saturated heterocycles. The van der Waals surface area contributed by atoms with Gasteiger partial charge in [0.05, 0.1) is 0 Å². The Morgan fingerprint density at radius 1 is 1.00 bits per heavy atom.